The molecule has 0 nitrogen and oxygen atoms in total. The number of aryl methyl sites for hydroxylation is 1. The van der Waals surface area contributed by atoms with Gasteiger partial charge in [-0.15, -0.1) is 23.8 Å². The van der Waals surface area contributed by atoms with E-state index < -0.39 is 12.4 Å². The van der Waals surface area contributed by atoms with Gasteiger partial charge < -0.3 is 12.9 Å². The molecule has 0 aliphatic rings. The van der Waals surface area contributed by atoms with E-state index in [0.29, 0.717) is 0 Å². The van der Waals surface area contributed by atoms with Gasteiger partial charge in [-0.05, 0) is 24.3 Å². The quantitative estimate of drug-likeness (QED) is 0.556. The van der Waals surface area contributed by atoms with Crippen molar-refractivity contribution in [1.29, 1.82) is 0 Å². The molecule has 0 radical (unpaired) electrons. The van der Waals surface area contributed by atoms with Crippen LogP contribution in [0, 0.1) is 6.92 Å². The zero-order valence-corrected chi connectivity index (χ0v) is 9.16. The van der Waals surface area contributed by atoms with Crippen LogP contribution in [0.3, 0.4) is 0 Å². The first kappa shape index (κ1) is 12.2. The molecule has 0 aromatic heterocycles. The fourth-order valence-electron chi connectivity index (χ4n) is 0.983. The Hall–Kier alpha value is -0.835. The van der Waals surface area contributed by atoms with Crippen LogP contribution in [0.2, 0.25) is 0 Å². The maximum Gasteiger partial charge on any atom is 0.505 e. The molecular weight excluding hydrogens is 220 g/mol. The lowest BCUT2D eigenvalue weighted by molar-refractivity contribution is 0.491. The second-order valence-electron chi connectivity index (χ2n) is 3.29. The molecular formula is C10H11BF3S-. The summed E-state index contributed by atoms with van der Waals surface area (Å²) >= 11 is 1.18. The van der Waals surface area contributed by atoms with Gasteiger partial charge in [0.15, 0.2) is 0 Å². The van der Waals surface area contributed by atoms with Crippen molar-refractivity contribution in [3.8, 4) is 0 Å². The van der Waals surface area contributed by atoms with E-state index in [9.17, 15) is 12.9 Å². The number of halogens is 3. The second-order valence-corrected chi connectivity index (χ2v) is 4.30. The van der Waals surface area contributed by atoms with Crippen LogP contribution in [-0.4, -0.2) is 12.7 Å². The van der Waals surface area contributed by atoms with Crippen molar-refractivity contribution < 1.29 is 12.9 Å². The van der Waals surface area contributed by atoms with Gasteiger partial charge in [-0.3, -0.25) is 0 Å². The van der Waals surface area contributed by atoms with E-state index in [1.807, 2.05) is 31.2 Å². The van der Waals surface area contributed by atoms with Crippen LogP contribution in [0.5, 0.6) is 0 Å². The molecule has 82 valence electrons. The third-order valence-electron chi connectivity index (χ3n) is 1.97. The highest BCUT2D eigenvalue weighted by molar-refractivity contribution is 7.99. The lowest BCUT2D eigenvalue weighted by Gasteiger charge is -2.17. The topological polar surface area (TPSA) is 0 Å². The van der Waals surface area contributed by atoms with Gasteiger partial charge >= 0.3 is 6.98 Å². The SMILES string of the molecule is C=C(CSc1ccccc1C)[B-](F)(F)F. The van der Waals surface area contributed by atoms with Crippen molar-refractivity contribution in [2.75, 3.05) is 5.75 Å². The van der Waals surface area contributed by atoms with Crippen molar-refractivity contribution in [2.24, 2.45) is 0 Å². The Morgan fingerprint density at radius 1 is 1.33 bits per heavy atom. The molecule has 0 N–H and O–H groups in total. The average Bonchev–Trinajstić information content (AvgIpc) is 2.14. The fourth-order valence-corrected chi connectivity index (χ4v) is 1.98. The molecule has 0 unspecified atom stereocenters. The molecule has 0 amide bonds. The largest absolute Gasteiger partial charge is 0.505 e. The number of hydrogen-bond acceptors (Lipinski definition) is 1. The van der Waals surface area contributed by atoms with Gasteiger partial charge in [-0.1, -0.05) is 18.2 Å². The summed E-state index contributed by atoms with van der Waals surface area (Å²) in [4.78, 5) is 0.874. The Labute approximate surface area is 91.6 Å². The highest BCUT2D eigenvalue weighted by Gasteiger charge is 2.26. The summed E-state index contributed by atoms with van der Waals surface area (Å²) in [7, 11) is 0. The molecule has 0 spiro atoms. The molecule has 0 aliphatic carbocycles. The fraction of sp³-hybridized carbons (Fsp3) is 0.200. The van der Waals surface area contributed by atoms with E-state index in [0.717, 1.165) is 10.5 Å². The number of rotatable bonds is 4. The van der Waals surface area contributed by atoms with E-state index in [2.05, 4.69) is 6.58 Å². The summed E-state index contributed by atoms with van der Waals surface area (Å²) in [6.07, 6.45) is 0. The molecule has 0 saturated heterocycles. The van der Waals surface area contributed by atoms with Gasteiger partial charge in [0.2, 0.25) is 0 Å². The smallest absolute Gasteiger partial charge is 0.445 e. The molecule has 15 heavy (non-hydrogen) atoms. The van der Waals surface area contributed by atoms with Crippen LogP contribution in [0.4, 0.5) is 12.9 Å². The zero-order chi connectivity index (χ0) is 11.5. The molecule has 0 heterocycles. The minimum Gasteiger partial charge on any atom is -0.445 e. The monoisotopic (exact) mass is 231 g/mol. The molecule has 1 aromatic rings. The highest BCUT2D eigenvalue weighted by Crippen LogP contribution is 2.28. The van der Waals surface area contributed by atoms with Gasteiger partial charge in [0.25, 0.3) is 0 Å². The summed E-state index contributed by atoms with van der Waals surface area (Å²) in [6, 6.07) is 7.37. The molecule has 0 aliphatic heterocycles. The first-order chi connectivity index (χ1) is 6.91. The van der Waals surface area contributed by atoms with Crippen molar-refractivity contribution in [1.82, 2.24) is 0 Å². The van der Waals surface area contributed by atoms with Crippen LogP contribution in [0.15, 0.2) is 41.2 Å². The lowest BCUT2D eigenvalue weighted by atomic mass is 9.82. The molecule has 5 heteroatoms. The standard InChI is InChI=1S/C10H11BF3S/c1-8-5-3-4-6-10(8)15-7-9(2)11(12,13)14/h3-6H,2,7H2,1H3/q-1. The van der Waals surface area contributed by atoms with E-state index in [1.165, 1.54) is 11.8 Å². The maximum atomic E-state index is 12.2. The molecule has 0 atom stereocenters. The van der Waals surface area contributed by atoms with Crippen molar-refractivity contribution in [3.05, 3.63) is 41.9 Å². The van der Waals surface area contributed by atoms with Gasteiger partial charge in [0.05, 0.1) is 0 Å². The van der Waals surface area contributed by atoms with E-state index in [4.69, 9.17) is 0 Å². The Morgan fingerprint density at radius 2 is 1.93 bits per heavy atom. The van der Waals surface area contributed by atoms with Crippen LogP contribution >= 0.6 is 11.8 Å². The van der Waals surface area contributed by atoms with Crippen molar-refractivity contribution in [2.45, 2.75) is 11.8 Å². The molecule has 0 fully saturated rings. The molecule has 1 aromatic carbocycles. The Kier molecular flexibility index (Phi) is 3.91. The molecule has 0 saturated carbocycles. The Balaban J connectivity index is 2.59. The lowest BCUT2D eigenvalue weighted by Crippen LogP contribution is -2.20. The van der Waals surface area contributed by atoms with Gasteiger partial charge in [0.1, 0.15) is 0 Å². The average molecular weight is 231 g/mol. The number of benzene rings is 1. The third-order valence-corrected chi connectivity index (χ3v) is 3.25. The van der Waals surface area contributed by atoms with Crippen LogP contribution in [0.1, 0.15) is 5.56 Å². The summed E-state index contributed by atoms with van der Waals surface area (Å²) in [6.45, 7) is 0.0351. The van der Waals surface area contributed by atoms with Crippen molar-refractivity contribution >= 4 is 18.7 Å². The first-order valence-corrected chi connectivity index (χ1v) is 5.46. The van der Waals surface area contributed by atoms with Crippen molar-refractivity contribution in [3.63, 3.8) is 0 Å². The normalized spacial score (nSPS) is 11.5. The van der Waals surface area contributed by atoms with Crippen LogP contribution < -0.4 is 0 Å². The Morgan fingerprint density at radius 3 is 2.47 bits per heavy atom. The van der Waals surface area contributed by atoms with E-state index in [-0.39, 0.29) is 5.75 Å². The third kappa shape index (κ3) is 3.66. The molecule has 0 bridgehead atoms. The predicted molar refractivity (Wildman–Crippen MR) is 60.1 cm³/mol. The summed E-state index contributed by atoms with van der Waals surface area (Å²) < 4.78 is 36.6. The van der Waals surface area contributed by atoms with Gasteiger partial charge in [-0.25, -0.2) is 0 Å². The molecule has 1 rings (SSSR count). The second kappa shape index (κ2) is 4.79. The summed E-state index contributed by atoms with van der Waals surface area (Å²) in [5.41, 5.74) is 0.355. The Bertz CT molecular complexity index is 360. The zero-order valence-electron chi connectivity index (χ0n) is 8.34. The minimum absolute atomic E-state index is 0.0889. The van der Waals surface area contributed by atoms with Gasteiger partial charge in [-0.2, -0.15) is 0 Å². The highest BCUT2D eigenvalue weighted by atomic mass is 32.2. The minimum atomic E-state index is -4.90. The van der Waals surface area contributed by atoms with E-state index in [1.54, 1.807) is 0 Å². The first-order valence-electron chi connectivity index (χ1n) is 4.47. The van der Waals surface area contributed by atoms with Crippen LogP contribution in [0.25, 0.3) is 0 Å². The maximum absolute atomic E-state index is 12.2. The van der Waals surface area contributed by atoms with E-state index >= 15 is 0 Å². The number of hydrogen-bond donors (Lipinski definition) is 0. The summed E-state index contributed by atoms with van der Waals surface area (Å²) in [5, 5.41) is 0. The van der Waals surface area contributed by atoms with Crippen LogP contribution in [-0.2, 0) is 0 Å². The predicted octanol–water partition coefficient (Wildman–Crippen LogP) is 4.03. The van der Waals surface area contributed by atoms with Gasteiger partial charge in [0, 0.05) is 4.90 Å². The number of thioether (sulfide) groups is 1. The summed E-state index contributed by atoms with van der Waals surface area (Å²) in [5.74, 6) is -0.0889.